The Morgan fingerprint density at radius 2 is 2.00 bits per heavy atom. The van der Waals surface area contributed by atoms with Gasteiger partial charge < -0.3 is 5.11 Å². The number of benzene rings is 1. The molecule has 0 aliphatic rings. The van der Waals surface area contributed by atoms with Crippen molar-refractivity contribution in [3.8, 4) is 10.6 Å². The number of hydrogen-bond acceptors (Lipinski definition) is 3. The van der Waals surface area contributed by atoms with Crippen LogP contribution in [0.5, 0.6) is 0 Å². The molecular formula is C10H7NO2S. The summed E-state index contributed by atoms with van der Waals surface area (Å²) in [5.74, 6) is -0.907. The summed E-state index contributed by atoms with van der Waals surface area (Å²) >= 11 is 1.53. The first-order valence-electron chi connectivity index (χ1n) is 4.00. The fraction of sp³-hybridized carbons (Fsp3) is 0. The summed E-state index contributed by atoms with van der Waals surface area (Å²) in [6.45, 7) is 0. The van der Waals surface area contributed by atoms with Gasteiger partial charge in [-0.3, -0.25) is 0 Å². The van der Waals surface area contributed by atoms with Crippen LogP contribution in [0.2, 0.25) is 0 Å². The minimum atomic E-state index is -0.907. The number of aromatic carboxylic acids is 1. The molecule has 1 aromatic heterocycles. The quantitative estimate of drug-likeness (QED) is 0.819. The van der Waals surface area contributed by atoms with E-state index in [4.69, 9.17) is 5.11 Å². The van der Waals surface area contributed by atoms with E-state index in [1.54, 1.807) is 30.5 Å². The van der Waals surface area contributed by atoms with E-state index in [-0.39, 0.29) is 0 Å². The molecule has 0 unspecified atom stereocenters. The molecule has 0 radical (unpaired) electrons. The molecule has 70 valence electrons. The van der Waals surface area contributed by atoms with E-state index in [0.717, 1.165) is 10.6 Å². The van der Waals surface area contributed by atoms with E-state index >= 15 is 0 Å². The number of aromatic nitrogens is 1. The Kier molecular flexibility index (Phi) is 2.28. The lowest BCUT2D eigenvalue weighted by molar-refractivity contribution is 0.0697. The molecule has 0 aliphatic carbocycles. The molecule has 3 nitrogen and oxygen atoms in total. The highest BCUT2D eigenvalue weighted by Gasteiger charge is 2.03. The van der Waals surface area contributed by atoms with Crippen molar-refractivity contribution in [2.45, 2.75) is 0 Å². The zero-order chi connectivity index (χ0) is 9.97. The third kappa shape index (κ3) is 1.65. The highest BCUT2D eigenvalue weighted by atomic mass is 32.1. The average molecular weight is 205 g/mol. The lowest BCUT2D eigenvalue weighted by atomic mass is 10.1. The summed E-state index contributed by atoms with van der Waals surface area (Å²) in [5.41, 5.74) is 1.25. The van der Waals surface area contributed by atoms with Gasteiger partial charge in [-0.05, 0) is 12.1 Å². The van der Waals surface area contributed by atoms with Crippen LogP contribution in [0.1, 0.15) is 10.4 Å². The fourth-order valence-electron chi connectivity index (χ4n) is 1.12. The monoisotopic (exact) mass is 205 g/mol. The molecule has 0 fully saturated rings. The van der Waals surface area contributed by atoms with Crippen molar-refractivity contribution in [3.63, 3.8) is 0 Å². The van der Waals surface area contributed by atoms with Gasteiger partial charge in [0.15, 0.2) is 0 Å². The summed E-state index contributed by atoms with van der Waals surface area (Å²) < 4.78 is 0. The number of carboxylic acid groups (broad SMARTS) is 1. The van der Waals surface area contributed by atoms with Gasteiger partial charge in [-0.25, -0.2) is 9.78 Å². The van der Waals surface area contributed by atoms with Crippen LogP contribution in [0.4, 0.5) is 0 Å². The van der Waals surface area contributed by atoms with Gasteiger partial charge in [-0.1, -0.05) is 12.1 Å². The molecule has 0 atom stereocenters. The molecule has 0 amide bonds. The Bertz CT molecular complexity index is 434. The Morgan fingerprint density at radius 1 is 1.29 bits per heavy atom. The minimum absolute atomic E-state index is 0.297. The molecule has 2 aromatic rings. The molecule has 2 rings (SSSR count). The van der Waals surface area contributed by atoms with Crippen LogP contribution in [0.15, 0.2) is 35.8 Å². The van der Waals surface area contributed by atoms with E-state index in [1.807, 2.05) is 5.38 Å². The SMILES string of the molecule is O=C(O)c1ccc(-c2nccs2)cc1. The van der Waals surface area contributed by atoms with E-state index in [9.17, 15) is 4.79 Å². The fourth-order valence-corrected chi connectivity index (χ4v) is 1.77. The largest absolute Gasteiger partial charge is 0.478 e. The van der Waals surface area contributed by atoms with Gasteiger partial charge in [-0.15, -0.1) is 11.3 Å². The maximum absolute atomic E-state index is 10.6. The maximum Gasteiger partial charge on any atom is 0.335 e. The number of nitrogens with zero attached hydrogens (tertiary/aromatic N) is 1. The van der Waals surface area contributed by atoms with Crippen LogP contribution in [-0.2, 0) is 0 Å². The van der Waals surface area contributed by atoms with Gasteiger partial charge >= 0.3 is 5.97 Å². The zero-order valence-corrected chi connectivity index (χ0v) is 7.99. The molecule has 0 aliphatic heterocycles. The van der Waals surface area contributed by atoms with Crippen molar-refractivity contribution in [1.29, 1.82) is 0 Å². The van der Waals surface area contributed by atoms with E-state index in [2.05, 4.69) is 4.98 Å². The Labute approximate surface area is 84.7 Å². The first-order chi connectivity index (χ1) is 6.77. The summed E-state index contributed by atoms with van der Waals surface area (Å²) in [7, 11) is 0. The van der Waals surface area contributed by atoms with Gasteiger partial charge in [-0.2, -0.15) is 0 Å². The van der Waals surface area contributed by atoms with E-state index < -0.39 is 5.97 Å². The van der Waals surface area contributed by atoms with Crippen LogP contribution in [0, 0.1) is 0 Å². The Balaban J connectivity index is 2.36. The number of carboxylic acids is 1. The normalized spacial score (nSPS) is 10.0. The molecule has 0 saturated carbocycles. The van der Waals surface area contributed by atoms with Crippen molar-refractivity contribution in [2.24, 2.45) is 0 Å². The van der Waals surface area contributed by atoms with Crippen molar-refractivity contribution < 1.29 is 9.90 Å². The van der Waals surface area contributed by atoms with Crippen molar-refractivity contribution in [1.82, 2.24) is 4.98 Å². The van der Waals surface area contributed by atoms with Crippen LogP contribution in [-0.4, -0.2) is 16.1 Å². The summed E-state index contributed by atoms with van der Waals surface area (Å²) in [6.07, 6.45) is 1.73. The lowest BCUT2D eigenvalue weighted by Crippen LogP contribution is -1.94. The van der Waals surface area contributed by atoms with Crippen LogP contribution in [0.3, 0.4) is 0 Å². The number of thiazole rings is 1. The Morgan fingerprint density at radius 3 is 2.50 bits per heavy atom. The summed E-state index contributed by atoms with van der Waals surface area (Å²) in [6, 6.07) is 6.70. The van der Waals surface area contributed by atoms with Crippen molar-refractivity contribution in [3.05, 3.63) is 41.4 Å². The smallest absolute Gasteiger partial charge is 0.335 e. The predicted molar refractivity (Wildman–Crippen MR) is 54.5 cm³/mol. The average Bonchev–Trinajstić information content (AvgIpc) is 2.71. The molecule has 0 spiro atoms. The standard InChI is InChI=1S/C10H7NO2S/c12-10(13)8-3-1-7(2-4-8)9-11-5-6-14-9/h1-6H,(H,12,13). The third-order valence-electron chi connectivity index (χ3n) is 1.81. The third-order valence-corrected chi connectivity index (χ3v) is 2.63. The molecule has 0 bridgehead atoms. The van der Waals surface area contributed by atoms with E-state index in [1.165, 1.54) is 11.3 Å². The molecule has 1 heterocycles. The molecule has 1 N–H and O–H groups in total. The number of hydrogen-bond donors (Lipinski definition) is 1. The molecule has 4 heteroatoms. The second-order valence-electron chi connectivity index (χ2n) is 2.72. The van der Waals surface area contributed by atoms with Crippen LogP contribution >= 0.6 is 11.3 Å². The summed E-state index contributed by atoms with van der Waals surface area (Å²) in [4.78, 5) is 14.7. The topological polar surface area (TPSA) is 50.2 Å². The van der Waals surface area contributed by atoms with Gasteiger partial charge in [0.1, 0.15) is 5.01 Å². The maximum atomic E-state index is 10.6. The van der Waals surface area contributed by atoms with E-state index in [0.29, 0.717) is 5.56 Å². The van der Waals surface area contributed by atoms with Crippen LogP contribution < -0.4 is 0 Å². The zero-order valence-electron chi connectivity index (χ0n) is 7.18. The summed E-state index contributed by atoms with van der Waals surface area (Å²) in [5, 5.41) is 11.5. The molecule has 14 heavy (non-hydrogen) atoms. The van der Waals surface area contributed by atoms with Gasteiger partial charge in [0.25, 0.3) is 0 Å². The molecular weight excluding hydrogens is 198 g/mol. The number of carbonyl (C=O) groups is 1. The predicted octanol–water partition coefficient (Wildman–Crippen LogP) is 2.51. The second kappa shape index (κ2) is 3.59. The van der Waals surface area contributed by atoms with Crippen LogP contribution in [0.25, 0.3) is 10.6 Å². The number of rotatable bonds is 2. The first-order valence-corrected chi connectivity index (χ1v) is 4.88. The minimum Gasteiger partial charge on any atom is -0.478 e. The molecule has 1 aromatic carbocycles. The highest BCUT2D eigenvalue weighted by Crippen LogP contribution is 2.21. The highest BCUT2D eigenvalue weighted by molar-refractivity contribution is 7.13. The van der Waals surface area contributed by atoms with Crippen molar-refractivity contribution >= 4 is 17.3 Å². The van der Waals surface area contributed by atoms with Crippen molar-refractivity contribution in [2.75, 3.05) is 0 Å². The Hall–Kier alpha value is -1.68. The second-order valence-corrected chi connectivity index (χ2v) is 3.61. The lowest BCUT2D eigenvalue weighted by Gasteiger charge is -1.96. The van der Waals surface area contributed by atoms with Gasteiger partial charge in [0.05, 0.1) is 5.56 Å². The molecule has 0 saturated heterocycles. The van der Waals surface area contributed by atoms with Gasteiger partial charge in [0, 0.05) is 17.1 Å². The van der Waals surface area contributed by atoms with Gasteiger partial charge in [0.2, 0.25) is 0 Å². The first kappa shape index (κ1) is 8.90.